The van der Waals surface area contributed by atoms with Gasteiger partial charge in [-0.05, 0) is 37.8 Å². The first-order chi connectivity index (χ1) is 12.0. The molecule has 1 aromatic rings. The number of nitrogens with one attached hydrogen (secondary N) is 1. The lowest BCUT2D eigenvalue weighted by Gasteiger charge is -2.28. The molecule has 2 fully saturated rings. The van der Waals surface area contributed by atoms with E-state index in [4.69, 9.17) is 0 Å². The molecule has 0 saturated carbocycles. The van der Waals surface area contributed by atoms with Crippen LogP contribution in [0.25, 0.3) is 0 Å². The average molecular weight is 368 g/mol. The molecule has 2 heterocycles. The first kappa shape index (κ1) is 18.1. The summed E-state index contributed by atoms with van der Waals surface area (Å²) in [6.45, 7) is 2.60. The molecule has 0 aliphatic carbocycles. The second-order valence-corrected chi connectivity index (χ2v) is 8.50. The maximum Gasteiger partial charge on any atom is 0.295 e. The Morgan fingerprint density at radius 2 is 1.56 bits per heavy atom. The van der Waals surface area contributed by atoms with E-state index < -0.39 is 14.9 Å². The Labute approximate surface area is 148 Å². The van der Waals surface area contributed by atoms with Gasteiger partial charge in [-0.1, -0.05) is 12.8 Å². The van der Waals surface area contributed by atoms with Crippen LogP contribution in [0.4, 0.5) is 11.4 Å². The van der Waals surface area contributed by atoms with Gasteiger partial charge in [0.25, 0.3) is 5.69 Å². The molecule has 0 amide bonds. The Hall–Kier alpha value is -1.71. The van der Waals surface area contributed by atoms with Crippen molar-refractivity contribution in [2.24, 2.45) is 0 Å². The van der Waals surface area contributed by atoms with Crippen LogP contribution >= 0.6 is 0 Å². The molecule has 0 atom stereocenters. The number of hydrogen-bond donors (Lipinski definition) is 1. The number of nitro groups is 1. The van der Waals surface area contributed by atoms with E-state index in [-0.39, 0.29) is 10.6 Å². The molecule has 0 bridgehead atoms. The summed E-state index contributed by atoms with van der Waals surface area (Å²) in [6.07, 6.45) is 5.93. The molecular formula is C16H24N4O4S. The van der Waals surface area contributed by atoms with Crippen LogP contribution in [0.15, 0.2) is 23.1 Å². The Kier molecular flexibility index (Phi) is 5.55. The summed E-state index contributed by atoms with van der Waals surface area (Å²) in [4.78, 5) is 10.9. The van der Waals surface area contributed by atoms with Crippen LogP contribution in [-0.2, 0) is 10.0 Å². The number of anilines is 1. The number of nitrogens with zero attached hydrogens (tertiary/aromatic N) is 3. The van der Waals surface area contributed by atoms with E-state index in [9.17, 15) is 18.5 Å². The minimum absolute atomic E-state index is 0.00899. The van der Waals surface area contributed by atoms with Gasteiger partial charge in [-0.3, -0.25) is 10.1 Å². The number of hydrazine groups is 1. The Morgan fingerprint density at radius 3 is 2.16 bits per heavy atom. The zero-order chi connectivity index (χ0) is 17.9. The fraction of sp³-hybridized carbons (Fsp3) is 0.625. The lowest BCUT2D eigenvalue weighted by molar-refractivity contribution is -0.384. The van der Waals surface area contributed by atoms with Gasteiger partial charge < -0.3 is 5.43 Å². The second-order valence-electron chi connectivity index (χ2n) is 6.56. The summed E-state index contributed by atoms with van der Waals surface area (Å²) in [5.74, 6) is 0. The molecule has 0 radical (unpaired) electrons. The van der Waals surface area contributed by atoms with Gasteiger partial charge in [0.05, 0.1) is 9.82 Å². The third-order valence-corrected chi connectivity index (χ3v) is 6.65. The van der Waals surface area contributed by atoms with Crippen LogP contribution in [0.5, 0.6) is 0 Å². The van der Waals surface area contributed by atoms with E-state index in [1.807, 2.05) is 5.01 Å². The van der Waals surface area contributed by atoms with E-state index in [1.165, 1.54) is 22.5 Å². The quantitative estimate of drug-likeness (QED) is 0.634. The van der Waals surface area contributed by atoms with E-state index in [0.717, 1.165) is 51.6 Å². The molecule has 2 aliphatic heterocycles. The van der Waals surface area contributed by atoms with Gasteiger partial charge in [0.15, 0.2) is 0 Å². The third kappa shape index (κ3) is 4.10. The van der Waals surface area contributed by atoms with Crippen molar-refractivity contribution in [1.29, 1.82) is 0 Å². The highest BCUT2D eigenvalue weighted by Crippen LogP contribution is 2.30. The lowest BCUT2D eigenvalue weighted by atomic mass is 10.2. The molecule has 0 aromatic heterocycles. The average Bonchev–Trinajstić information content (AvgIpc) is 2.63. The fourth-order valence-electron chi connectivity index (χ4n) is 3.35. The van der Waals surface area contributed by atoms with Gasteiger partial charge in [0, 0.05) is 32.2 Å². The third-order valence-electron chi connectivity index (χ3n) is 4.75. The Morgan fingerprint density at radius 1 is 0.960 bits per heavy atom. The van der Waals surface area contributed by atoms with Gasteiger partial charge in [-0.2, -0.15) is 4.31 Å². The first-order valence-electron chi connectivity index (χ1n) is 8.79. The van der Waals surface area contributed by atoms with E-state index in [2.05, 4.69) is 5.43 Å². The predicted octanol–water partition coefficient (Wildman–Crippen LogP) is 2.58. The van der Waals surface area contributed by atoms with Gasteiger partial charge in [0.2, 0.25) is 10.0 Å². The van der Waals surface area contributed by atoms with Crippen LogP contribution in [-0.4, -0.2) is 48.8 Å². The molecule has 0 unspecified atom stereocenters. The van der Waals surface area contributed by atoms with Crippen molar-refractivity contribution in [2.45, 2.75) is 43.4 Å². The Bertz CT molecular complexity index is 726. The highest BCUT2D eigenvalue weighted by molar-refractivity contribution is 7.89. The molecule has 138 valence electrons. The smallest absolute Gasteiger partial charge is 0.295 e. The summed E-state index contributed by atoms with van der Waals surface area (Å²) in [5.41, 5.74) is 3.20. The van der Waals surface area contributed by atoms with Crippen molar-refractivity contribution >= 4 is 21.4 Å². The van der Waals surface area contributed by atoms with Crippen molar-refractivity contribution in [1.82, 2.24) is 9.31 Å². The summed E-state index contributed by atoms with van der Waals surface area (Å²) in [5, 5.41) is 13.4. The fourth-order valence-corrected chi connectivity index (χ4v) is 4.89. The second kappa shape index (κ2) is 7.67. The summed E-state index contributed by atoms with van der Waals surface area (Å²) in [6, 6.07) is 4.14. The highest BCUT2D eigenvalue weighted by atomic mass is 32.2. The van der Waals surface area contributed by atoms with Gasteiger partial charge in [-0.25, -0.2) is 13.4 Å². The monoisotopic (exact) mass is 368 g/mol. The highest BCUT2D eigenvalue weighted by Gasteiger charge is 2.29. The maximum atomic E-state index is 12.7. The standard InChI is InChI=1S/C16H24N4O4S/c21-20(22)16-13-14(25(23,24)19-11-5-2-6-12-19)7-8-15(16)17-18-9-3-1-4-10-18/h7-8,13,17H,1-6,9-12H2. The largest absolute Gasteiger partial charge is 0.313 e. The molecular weight excluding hydrogens is 344 g/mol. The lowest BCUT2D eigenvalue weighted by Crippen LogP contribution is -2.36. The normalized spacial score (nSPS) is 20.3. The number of benzene rings is 1. The first-order valence-corrected chi connectivity index (χ1v) is 10.2. The van der Waals surface area contributed by atoms with Crippen molar-refractivity contribution < 1.29 is 13.3 Å². The molecule has 1 aromatic carbocycles. The number of nitro benzene ring substituents is 1. The van der Waals surface area contributed by atoms with E-state index in [0.29, 0.717) is 18.8 Å². The van der Waals surface area contributed by atoms with Crippen molar-refractivity contribution in [2.75, 3.05) is 31.6 Å². The van der Waals surface area contributed by atoms with E-state index in [1.54, 1.807) is 0 Å². The van der Waals surface area contributed by atoms with Crippen molar-refractivity contribution in [3.63, 3.8) is 0 Å². The molecule has 0 spiro atoms. The van der Waals surface area contributed by atoms with Crippen molar-refractivity contribution in [3.8, 4) is 0 Å². The molecule has 2 saturated heterocycles. The minimum Gasteiger partial charge on any atom is -0.313 e. The molecule has 3 rings (SSSR count). The SMILES string of the molecule is O=[N+]([O-])c1cc(S(=O)(=O)N2CCCCC2)ccc1NN1CCCCC1. The van der Waals surface area contributed by atoms with Crippen LogP contribution in [0, 0.1) is 10.1 Å². The molecule has 25 heavy (non-hydrogen) atoms. The number of sulfonamides is 1. The summed E-state index contributed by atoms with van der Waals surface area (Å²) >= 11 is 0. The van der Waals surface area contributed by atoms with Gasteiger partial charge >= 0.3 is 0 Å². The van der Waals surface area contributed by atoms with Gasteiger partial charge in [0.1, 0.15) is 5.69 Å². The molecule has 2 aliphatic rings. The Balaban J connectivity index is 1.86. The summed E-state index contributed by atoms with van der Waals surface area (Å²) < 4.78 is 26.9. The number of piperidine rings is 2. The van der Waals surface area contributed by atoms with E-state index >= 15 is 0 Å². The molecule has 1 N–H and O–H groups in total. The topological polar surface area (TPSA) is 95.8 Å². The molecule has 9 heteroatoms. The summed E-state index contributed by atoms with van der Waals surface area (Å²) in [7, 11) is -3.68. The number of rotatable bonds is 5. The van der Waals surface area contributed by atoms with Gasteiger partial charge in [-0.15, -0.1) is 0 Å². The molecule has 8 nitrogen and oxygen atoms in total. The zero-order valence-electron chi connectivity index (χ0n) is 14.2. The van der Waals surface area contributed by atoms with Crippen LogP contribution in [0.3, 0.4) is 0 Å². The van der Waals surface area contributed by atoms with Crippen molar-refractivity contribution in [3.05, 3.63) is 28.3 Å². The minimum atomic E-state index is -3.68. The zero-order valence-corrected chi connectivity index (χ0v) is 15.0. The van der Waals surface area contributed by atoms with Crippen LogP contribution in [0.1, 0.15) is 38.5 Å². The van der Waals surface area contributed by atoms with Crippen LogP contribution < -0.4 is 5.43 Å². The number of hydrogen-bond acceptors (Lipinski definition) is 6. The maximum absolute atomic E-state index is 12.7. The predicted molar refractivity (Wildman–Crippen MR) is 94.8 cm³/mol. The van der Waals surface area contributed by atoms with Crippen LogP contribution in [0.2, 0.25) is 0 Å².